The standard InChI is InChI=1S/C8H4F3N3OS/c9-8(10,11)6-13-3-5(16-6)4-1-2-12-7(15)14-4/h1-3H,(H,12,14,15). The molecule has 2 rings (SSSR count). The number of H-pyrrole nitrogens is 1. The van der Waals surface area contributed by atoms with Crippen molar-refractivity contribution in [2.24, 2.45) is 0 Å². The molecule has 4 nitrogen and oxygen atoms in total. The molecule has 0 bridgehead atoms. The van der Waals surface area contributed by atoms with Crippen LogP contribution in [-0.4, -0.2) is 15.0 Å². The third-order valence-electron chi connectivity index (χ3n) is 1.69. The summed E-state index contributed by atoms with van der Waals surface area (Å²) in [6, 6.07) is 1.41. The van der Waals surface area contributed by atoms with Crippen LogP contribution in [0, 0.1) is 0 Å². The lowest BCUT2D eigenvalue weighted by molar-refractivity contribution is -0.137. The smallest absolute Gasteiger partial charge is 0.305 e. The van der Waals surface area contributed by atoms with E-state index in [0.29, 0.717) is 11.3 Å². The number of thiazole rings is 1. The maximum atomic E-state index is 12.3. The lowest BCUT2D eigenvalue weighted by atomic mass is 10.4. The molecule has 2 aromatic rings. The Morgan fingerprint density at radius 2 is 2.06 bits per heavy atom. The van der Waals surface area contributed by atoms with E-state index >= 15 is 0 Å². The predicted molar refractivity (Wildman–Crippen MR) is 51.0 cm³/mol. The number of aromatic nitrogens is 3. The van der Waals surface area contributed by atoms with Crippen LogP contribution in [0.1, 0.15) is 5.01 Å². The van der Waals surface area contributed by atoms with Gasteiger partial charge in [-0.15, -0.1) is 11.3 Å². The molecule has 0 aliphatic carbocycles. The lowest BCUT2D eigenvalue weighted by Gasteiger charge is -1.99. The van der Waals surface area contributed by atoms with Crippen molar-refractivity contribution in [3.63, 3.8) is 0 Å². The second-order valence-corrected chi connectivity index (χ2v) is 3.85. The molecule has 0 saturated heterocycles. The van der Waals surface area contributed by atoms with Crippen molar-refractivity contribution in [1.82, 2.24) is 15.0 Å². The summed E-state index contributed by atoms with van der Waals surface area (Å²) in [5.41, 5.74) is -0.340. The Labute approximate surface area is 90.8 Å². The second kappa shape index (κ2) is 3.71. The van der Waals surface area contributed by atoms with Crippen molar-refractivity contribution in [3.05, 3.63) is 34.0 Å². The zero-order valence-electron chi connectivity index (χ0n) is 7.58. The molecule has 2 aromatic heterocycles. The van der Waals surface area contributed by atoms with Gasteiger partial charge in [-0.1, -0.05) is 0 Å². The minimum Gasteiger partial charge on any atom is -0.305 e. The Morgan fingerprint density at radius 3 is 2.62 bits per heavy atom. The van der Waals surface area contributed by atoms with E-state index in [9.17, 15) is 18.0 Å². The van der Waals surface area contributed by atoms with Crippen molar-refractivity contribution in [2.75, 3.05) is 0 Å². The Bertz CT molecular complexity index is 560. The van der Waals surface area contributed by atoms with Crippen molar-refractivity contribution in [3.8, 4) is 10.6 Å². The number of nitrogens with one attached hydrogen (secondary N) is 1. The molecule has 0 atom stereocenters. The molecule has 0 unspecified atom stereocenters. The number of nitrogens with zero attached hydrogens (tertiary/aromatic N) is 2. The molecular weight excluding hydrogens is 243 g/mol. The summed E-state index contributed by atoms with van der Waals surface area (Å²) in [6.45, 7) is 0. The molecule has 1 N–H and O–H groups in total. The van der Waals surface area contributed by atoms with Crippen LogP contribution in [-0.2, 0) is 6.18 Å². The molecule has 2 heterocycles. The summed E-state index contributed by atoms with van der Waals surface area (Å²) < 4.78 is 36.8. The highest BCUT2D eigenvalue weighted by atomic mass is 32.1. The first-order valence-electron chi connectivity index (χ1n) is 4.05. The highest BCUT2D eigenvalue weighted by molar-refractivity contribution is 7.15. The van der Waals surface area contributed by atoms with Crippen LogP contribution in [0.3, 0.4) is 0 Å². The van der Waals surface area contributed by atoms with Gasteiger partial charge in [0.1, 0.15) is 0 Å². The maximum Gasteiger partial charge on any atom is 0.443 e. The van der Waals surface area contributed by atoms with Gasteiger partial charge >= 0.3 is 11.9 Å². The SMILES string of the molecule is O=c1nccc(-c2cnc(C(F)(F)F)s2)[nH]1. The zero-order valence-corrected chi connectivity index (χ0v) is 8.39. The maximum absolute atomic E-state index is 12.3. The molecule has 0 fully saturated rings. The minimum absolute atomic E-state index is 0.242. The van der Waals surface area contributed by atoms with Crippen LogP contribution in [0.15, 0.2) is 23.3 Å². The molecule has 0 spiro atoms. The largest absolute Gasteiger partial charge is 0.443 e. The Hall–Kier alpha value is -1.70. The number of hydrogen-bond acceptors (Lipinski definition) is 4. The van der Waals surface area contributed by atoms with Crippen molar-refractivity contribution in [1.29, 1.82) is 0 Å². The van der Waals surface area contributed by atoms with Crippen LogP contribution in [0.2, 0.25) is 0 Å². The van der Waals surface area contributed by atoms with E-state index in [1.165, 1.54) is 12.3 Å². The van der Waals surface area contributed by atoms with E-state index in [2.05, 4.69) is 15.0 Å². The summed E-state index contributed by atoms with van der Waals surface area (Å²) in [6.07, 6.45) is -2.17. The van der Waals surface area contributed by atoms with Crippen molar-refractivity contribution >= 4 is 11.3 Å². The Kier molecular flexibility index (Phi) is 2.50. The number of alkyl halides is 3. The highest BCUT2D eigenvalue weighted by Gasteiger charge is 2.34. The van der Waals surface area contributed by atoms with Crippen LogP contribution in [0.5, 0.6) is 0 Å². The van der Waals surface area contributed by atoms with Gasteiger partial charge in [0.25, 0.3) is 0 Å². The predicted octanol–water partition coefficient (Wildman–Crippen LogP) is 1.91. The first kappa shape index (κ1) is 10.8. The molecule has 0 saturated carbocycles. The topological polar surface area (TPSA) is 58.6 Å². The second-order valence-electron chi connectivity index (χ2n) is 2.82. The van der Waals surface area contributed by atoms with Crippen LogP contribution < -0.4 is 5.69 Å². The minimum atomic E-state index is -4.46. The normalized spacial score (nSPS) is 11.7. The first-order valence-corrected chi connectivity index (χ1v) is 4.87. The van der Waals surface area contributed by atoms with Gasteiger partial charge in [-0.3, -0.25) is 0 Å². The van der Waals surface area contributed by atoms with E-state index in [1.54, 1.807) is 0 Å². The Morgan fingerprint density at radius 1 is 1.31 bits per heavy atom. The van der Waals surface area contributed by atoms with Gasteiger partial charge in [0.2, 0.25) is 0 Å². The average molecular weight is 247 g/mol. The molecular formula is C8H4F3N3OS. The summed E-state index contributed by atoms with van der Waals surface area (Å²) in [4.78, 5) is 20.0. The quantitative estimate of drug-likeness (QED) is 0.837. The molecule has 0 aromatic carbocycles. The van der Waals surface area contributed by atoms with Gasteiger partial charge in [0.15, 0.2) is 5.01 Å². The molecule has 0 amide bonds. The van der Waals surface area contributed by atoms with Gasteiger partial charge in [-0.2, -0.15) is 13.2 Å². The third kappa shape index (κ3) is 2.11. The van der Waals surface area contributed by atoms with E-state index in [0.717, 1.165) is 6.20 Å². The number of aromatic amines is 1. The average Bonchev–Trinajstić information content (AvgIpc) is 2.65. The van der Waals surface area contributed by atoms with Crippen molar-refractivity contribution in [2.45, 2.75) is 6.18 Å². The van der Waals surface area contributed by atoms with Gasteiger partial charge < -0.3 is 4.98 Å². The zero-order chi connectivity index (χ0) is 11.8. The van der Waals surface area contributed by atoms with E-state index in [-0.39, 0.29) is 10.6 Å². The lowest BCUT2D eigenvalue weighted by Crippen LogP contribution is -2.08. The number of rotatable bonds is 1. The molecule has 0 aliphatic rings. The number of hydrogen-bond donors (Lipinski definition) is 1. The number of halogens is 3. The van der Waals surface area contributed by atoms with Gasteiger partial charge in [0.05, 0.1) is 10.6 Å². The van der Waals surface area contributed by atoms with E-state index in [1.807, 2.05) is 0 Å². The Balaban J connectivity index is 2.43. The summed E-state index contributed by atoms with van der Waals surface area (Å²) in [5.74, 6) is 0. The van der Waals surface area contributed by atoms with Gasteiger partial charge in [0, 0.05) is 12.4 Å². The summed E-state index contributed by atoms with van der Waals surface area (Å²) in [7, 11) is 0. The molecule has 8 heteroatoms. The van der Waals surface area contributed by atoms with Gasteiger partial charge in [-0.25, -0.2) is 14.8 Å². The molecule has 0 radical (unpaired) electrons. The van der Waals surface area contributed by atoms with Crippen molar-refractivity contribution < 1.29 is 13.2 Å². The third-order valence-corrected chi connectivity index (χ3v) is 2.76. The van der Waals surface area contributed by atoms with Crippen LogP contribution in [0.4, 0.5) is 13.2 Å². The monoisotopic (exact) mass is 247 g/mol. The fourth-order valence-electron chi connectivity index (χ4n) is 1.04. The van der Waals surface area contributed by atoms with Crippen LogP contribution in [0.25, 0.3) is 10.6 Å². The molecule has 16 heavy (non-hydrogen) atoms. The first-order chi connectivity index (χ1) is 7.47. The molecule has 84 valence electrons. The fraction of sp³-hybridized carbons (Fsp3) is 0.125. The van der Waals surface area contributed by atoms with E-state index in [4.69, 9.17) is 0 Å². The fourth-order valence-corrected chi connectivity index (χ4v) is 1.81. The summed E-state index contributed by atoms with van der Waals surface area (Å²) in [5, 5.41) is -0.944. The van der Waals surface area contributed by atoms with E-state index < -0.39 is 16.9 Å². The highest BCUT2D eigenvalue weighted by Crippen LogP contribution is 2.35. The van der Waals surface area contributed by atoms with Gasteiger partial charge in [-0.05, 0) is 6.07 Å². The summed E-state index contributed by atoms with van der Waals surface area (Å²) >= 11 is 0.468. The molecule has 0 aliphatic heterocycles. The van der Waals surface area contributed by atoms with Crippen LogP contribution >= 0.6 is 11.3 Å².